The molecule has 116 valence electrons. The molecule has 6 nitrogen and oxygen atoms in total. The van der Waals surface area contributed by atoms with Gasteiger partial charge in [0, 0.05) is 6.04 Å². The van der Waals surface area contributed by atoms with Gasteiger partial charge in [0.25, 0.3) is 11.7 Å². The van der Waals surface area contributed by atoms with Crippen molar-refractivity contribution in [2.24, 2.45) is 0 Å². The normalized spacial score (nSPS) is 23.5. The van der Waals surface area contributed by atoms with Crippen LogP contribution in [0.4, 0.5) is 13.2 Å². The van der Waals surface area contributed by atoms with Crippen LogP contribution in [0, 0.1) is 0 Å². The lowest BCUT2D eigenvalue weighted by molar-refractivity contribution is -0.148. The minimum Gasteiger partial charge on any atom is -0.346 e. The van der Waals surface area contributed by atoms with Crippen molar-refractivity contribution in [2.45, 2.75) is 43.9 Å². The van der Waals surface area contributed by atoms with Crippen LogP contribution in [0.1, 0.15) is 48.2 Å². The summed E-state index contributed by atoms with van der Waals surface area (Å²) in [4.78, 5) is 17.0. The number of hydrogen-bond donors (Lipinski definition) is 1. The molecule has 9 heteroatoms. The molecule has 1 aliphatic heterocycles. The van der Waals surface area contributed by atoms with Crippen molar-refractivity contribution < 1.29 is 22.5 Å². The lowest BCUT2D eigenvalue weighted by atomic mass is 10.2. The maximum Gasteiger partial charge on any atom is 0.401 e. The summed E-state index contributed by atoms with van der Waals surface area (Å²) >= 11 is 0. The molecule has 1 saturated heterocycles. The Morgan fingerprint density at radius 1 is 1.38 bits per heavy atom. The molecule has 1 aromatic rings. The minimum absolute atomic E-state index is 0.0812. The average molecular weight is 304 g/mol. The molecule has 0 radical (unpaired) electrons. The standard InChI is InChI=1S/C12H15F3N4O2/c13-12(14,15)6-19-5-1-2-8(19)11-17-9(18-21-11)10(20)16-7-3-4-7/h7-8H,1-6H2,(H,16,20). The Hall–Kier alpha value is -1.64. The molecule has 1 amide bonds. The third-order valence-electron chi connectivity index (χ3n) is 3.59. The van der Waals surface area contributed by atoms with Gasteiger partial charge in [-0.3, -0.25) is 9.69 Å². The highest BCUT2D eigenvalue weighted by Gasteiger charge is 2.39. The summed E-state index contributed by atoms with van der Waals surface area (Å²) in [6.07, 6.45) is -1.26. The van der Waals surface area contributed by atoms with E-state index in [-0.39, 0.29) is 17.8 Å². The van der Waals surface area contributed by atoms with Crippen molar-refractivity contribution in [3.8, 4) is 0 Å². The van der Waals surface area contributed by atoms with Gasteiger partial charge < -0.3 is 9.84 Å². The van der Waals surface area contributed by atoms with E-state index in [1.165, 1.54) is 4.90 Å². The molecule has 1 N–H and O–H groups in total. The van der Waals surface area contributed by atoms with Gasteiger partial charge in [-0.2, -0.15) is 18.2 Å². The zero-order valence-corrected chi connectivity index (χ0v) is 11.2. The summed E-state index contributed by atoms with van der Waals surface area (Å²) in [5.41, 5.74) is 0. The van der Waals surface area contributed by atoms with Crippen molar-refractivity contribution in [1.29, 1.82) is 0 Å². The average Bonchev–Trinajstić information content (AvgIpc) is 2.89. The van der Waals surface area contributed by atoms with Crippen molar-refractivity contribution >= 4 is 5.91 Å². The lowest BCUT2D eigenvalue weighted by Gasteiger charge is -2.22. The molecular weight excluding hydrogens is 289 g/mol. The zero-order chi connectivity index (χ0) is 15.0. The van der Waals surface area contributed by atoms with E-state index in [1.54, 1.807) is 0 Å². The minimum atomic E-state index is -4.27. The van der Waals surface area contributed by atoms with Crippen LogP contribution in [0.25, 0.3) is 0 Å². The van der Waals surface area contributed by atoms with E-state index in [0.717, 1.165) is 12.8 Å². The van der Waals surface area contributed by atoms with Crippen LogP contribution >= 0.6 is 0 Å². The highest BCUT2D eigenvalue weighted by atomic mass is 19.4. The Kier molecular flexibility index (Phi) is 3.60. The molecule has 1 aliphatic carbocycles. The monoisotopic (exact) mass is 304 g/mol. The number of hydrogen-bond acceptors (Lipinski definition) is 5. The maximum atomic E-state index is 12.5. The van der Waals surface area contributed by atoms with Gasteiger partial charge in [-0.15, -0.1) is 0 Å². The summed E-state index contributed by atoms with van der Waals surface area (Å²) in [5, 5.41) is 6.27. The summed E-state index contributed by atoms with van der Waals surface area (Å²) in [5.74, 6) is -0.471. The molecule has 2 aliphatic rings. The van der Waals surface area contributed by atoms with Gasteiger partial charge in [0.05, 0.1) is 12.6 Å². The van der Waals surface area contributed by atoms with Crippen molar-refractivity contribution in [1.82, 2.24) is 20.4 Å². The number of carbonyl (C=O) groups excluding carboxylic acids is 1. The summed E-state index contributed by atoms with van der Waals surface area (Å²) < 4.78 is 42.5. The van der Waals surface area contributed by atoms with Crippen LogP contribution in [-0.4, -0.2) is 46.3 Å². The van der Waals surface area contributed by atoms with E-state index in [4.69, 9.17) is 4.52 Å². The lowest BCUT2D eigenvalue weighted by Crippen LogP contribution is -2.34. The van der Waals surface area contributed by atoms with Crippen LogP contribution in [0.5, 0.6) is 0 Å². The summed E-state index contributed by atoms with van der Waals surface area (Å²) in [6.45, 7) is -0.681. The number of halogens is 3. The molecule has 3 rings (SSSR count). The largest absolute Gasteiger partial charge is 0.401 e. The molecule has 2 fully saturated rings. The maximum absolute atomic E-state index is 12.5. The number of aromatic nitrogens is 2. The quantitative estimate of drug-likeness (QED) is 0.916. The molecule has 1 unspecified atom stereocenters. The van der Waals surface area contributed by atoms with Crippen molar-refractivity contribution in [3.63, 3.8) is 0 Å². The number of alkyl halides is 3. The van der Waals surface area contributed by atoms with Gasteiger partial charge in [0.2, 0.25) is 5.89 Å². The fraction of sp³-hybridized carbons (Fsp3) is 0.750. The van der Waals surface area contributed by atoms with Crippen molar-refractivity contribution in [3.05, 3.63) is 11.7 Å². The second kappa shape index (κ2) is 5.28. The molecule has 2 heterocycles. The van der Waals surface area contributed by atoms with Gasteiger partial charge >= 0.3 is 6.18 Å². The highest BCUT2D eigenvalue weighted by Crippen LogP contribution is 2.33. The highest BCUT2D eigenvalue weighted by molar-refractivity contribution is 5.90. The molecule has 21 heavy (non-hydrogen) atoms. The number of rotatable bonds is 4. The third kappa shape index (κ3) is 3.52. The SMILES string of the molecule is O=C(NC1CC1)c1noc(C2CCCN2CC(F)(F)F)n1. The summed E-state index contributed by atoms with van der Waals surface area (Å²) in [6, 6.07) is -0.408. The number of nitrogens with one attached hydrogen (secondary N) is 1. The van der Waals surface area contributed by atoms with Crippen LogP contribution in [0.2, 0.25) is 0 Å². The van der Waals surface area contributed by atoms with Crippen LogP contribution in [0.15, 0.2) is 4.52 Å². The molecule has 0 spiro atoms. The Morgan fingerprint density at radius 3 is 2.81 bits per heavy atom. The van der Waals surface area contributed by atoms with Gasteiger partial charge in [-0.1, -0.05) is 5.16 Å². The molecule has 1 aromatic heterocycles. The molecule has 0 bridgehead atoms. The zero-order valence-electron chi connectivity index (χ0n) is 11.2. The van der Waals surface area contributed by atoms with Crippen LogP contribution in [-0.2, 0) is 0 Å². The smallest absolute Gasteiger partial charge is 0.346 e. The third-order valence-corrected chi connectivity index (χ3v) is 3.59. The Labute approximate surface area is 118 Å². The predicted molar refractivity (Wildman–Crippen MR) is 64.4 cm³/mol. The number of carbonyl (C=O) groups is 1. The van der Waals surface area contributed by atoms with E-state index >= 15 is 0 Å². The second-order valence-corrected chi connectivity index (χ2v) is 5.45. The number of amides is 1. The molecule has 0 aromatic carbocycles. The van der Waals surface area contributed by atoms with Gasteiger partial charge in [0.1, 0.15) is 0 Å². The van der Waals surface area contributed by atoms with E-state index in [9.17, 15) is 18.0 Å². The fourth-order valence-corrected chi connectivity index (χ4v) is 2.47. The number of likely N-dealkylation sites (tertiary alicyclic amines) is 1. The van der Waals surface area contributed by atoms with Gasteiger partial charge in [0.15, 0.2) is 0 Å². The Bertz CT molecular complexity index is 527. The first-order chi connectivity index (χ1) is 9.92. The first-order valence-electron chi connectivity index (χ1n) is 6.87. The molecule has 1 saturated carbocycles. The fourth-order valence-electron chi connectivity index (χ4n) is 2.47. The molecular formula is C12H15F3N4O2. The predicted octanol–water partition coefficient (Wildman–Crippen LogP) is 1.66. The topological polar surface area (TPSA) is 71.3 Å². The number of nitrogens with zero attached hydrogens (tertiary/aromatic N) is 3. The van der Waals surface area contributed by atoms with Crippen molar-refractivity contribution in [2.75, 3.05) is 13.1 Å². The van der Waals surface area contributed by atoms with E-state index in [0.29, 0.717) is 19.4 Å². The first-order valence-corrected chi connectivity index (χ1v) is 6.87. The Morgan fingerprint density at radius 2 is 2.14 bits per heavy atom. The summed E-state index contributed by atoms with van der Waals surface area (Å²) in [7, 11) is 0. The van der Waals surface area contributed by atoms with Gasteiger partial charge in [-0.05, 0) is 32.2 Å². The van der Waals surface area contributed by atoms with Crippen LogP contribution in [0.3, 0.4) is 0 Å². The van der Waals surface area contributed by atoms with E-state index < -0.39 is 24.7 Å². The van der Waals surface area contributed by atoms with E-state index in [1.807, 2.05) is 0 Å². The Balaban J connectivity index is 1.68. The first kappa shape index (κ1) is 14.3. The second-order valence-electron chi connectivity index (χ2n) is 5.45. The van der Waals surface area contributed by atoms with E-state index in [2.05, 4.69) is 15.5 Å². The van der Waals surface area contributed by atoms with Gasteiger partial charge in [-0.25, -0.2) is 0 Å². The van der Waals surface area contributed by atoms with Crippen LogP contribution < -0.4 is 5.32 Å². The molecule has 1 atom stereocenters.